The average molecular weight is 327 g/mol. The molecular weight excluding hydrogens is 302 g/mol. The predicted molar refractivity (Wildman–Crippen MR) is 92.1 cm³/mol. The highest BCUT2D eigenvalue weighted by Gasteiger charge is 2.29. The van der Waals surface area contributed by atoms with Crippen LogP contribution in [0.5, 0.6) is 0 Å². The lowest BCUT2D eigenvalue weighted by Gasteiger charge is -2.33. The molecule has 2 aliphatic rings. The van der Waals surface area contributed by atoms with Gasteiger partial charge >= 0.3 is 0 Å². The summed E-state index contributed by atoms with van der Waals surface area (Å²) >= 11 is 0. The second kappa shape index (κ2) is 6.16. The van der Waals surface area contributed by atoms with Gasteiger partial charge in [0.15, 0.2) is 5.65 Å². The van der Waals surface area contributed by atoms with Crippen molar-refractivity contribution < 1.29 is 4.79 Å². The van der Waals surface area contributed by atoms with Crippen LogP contribution >= 0.6 is 0 Å². The van der Waals surface area contributed by atoms with Crippen molar-refractivity contribution in [2.45, 2.75) is 31.6 Å². The van der Waals surface area contributed by atoms with Gasteiger partial charge in [-0.3, -0.25) is 4.79 Å². The van der Waals surface area contributed by atoms with Gasteiger partial charge in [0.2, 0.25) is 0 Å². The van der Waals surface area contributed by atoms with Gasteiger partial charge in [0, 0.05) is 39.3 Å². The van der Waals surface area contributed by atoms with Crippen LogP contribution in [0.3, 0.4) is 0 Å². The summed E-state index contributed by atoms with van der Waals surface area (Å²) in [6.45, 7) is 3.55. The fourth-order valence-electron chi connectivity index (χ4n) is 3.74. The second-order valence-electron chi connectivity index (χ2n) is 7.41. The van der Waals surface area contributed by atoms with E-state index in [-0.39, 0.29) is 5.91 Å². The number of fused-ring (bicyclic) bond motifs is 1. The van der Waals surface area contributed by atoms with Crippen LogP contribution in [0.1, 0.15) is 47.7 Å². The number of nitrogens with zero attached hydrogens (tertiary/aromatic N) is 5. The zero-order chi connectivity index (χ0) is 16.7. The predicted octanol–water partition coefficient (Wildman–Crippen LogP) is 2.02. The van der Waals surface area contributed by atoms with Gasteiger partial charge in [0.05, 0.1) is 11.9 Å². The first-order valence-electron chi connectivity index (χ1n) is 8.90. The number of hydrogen-bond acceptors (Lipinski definition) is 4. The van der Waals surface area contributed by atoms with Crippen LogP contribution in [0.25, 0.3) is 5.65 Å². The van der Waals surface area contributed by atoms with E-state index in [2.05, 4.69) is 21.0 Å². The molecule has 24 heavy (non-hydrogen) atoms. The number of aromatic nitrogens is 3. The van der Waals surface area contributed by atoms with Crippen LogP contribution in [-0.2, 0) is 0 Å². The normalized spacial score (nSPS) is 22.0. The maximum Gasteiger partial charge on any atom is 0.258 e. The Morgan fingerprint density at radius 1 is 1.33 bits per heavy atom. The Morgan fingerprint density at radius 2 is 2.17 bits per heavy atom. The molecule has 2 aromatic heterocycles. The molecule has 1 saturated carbocycles. The first-order valence-corrected chi connectivity index (χ1v) is 8.90. The minimum absolute atomic E-state index is 0.0475. The summed E-state index contributed by atoms with van der Waals surface area (Å²) in [6.07, 6.45) is 8.67. The largest absolute Gasteiger partial charge is 0.345 e. The van der Waals surface area contributed by atoms with E-state index in [1.54, 1.807) is 25.2 Å². The van der Waals surface area contributed by atoms with Crippen molar-refractivity contribution in [1.82, 2.24) is 24.4 Å². The number of carbonyl (C=O) groups excluding carboxylic acids is 1. The molecule has 0 aromatic carbocycles. The van der Waals surface area contributed by atoms with Crippen LogP contribution < -0.4 is 0 Å². The van der Waals surface area contributed by atoms with E-state index in [0.717, 1.165) is 12.5 Å². The van der Waals surface area contributed by atoms with Crippen molar-refractivity contribution in [2.75, 3.05) is 33.7 Å². The molecule has 4 rings (SSSR count). The molecule has 2 fully saturated rings. The lowest BCUT2D eigenvalue weighted by atomic mass is 9.94. The van der Waals surface area contributed by atoms with Crippen LogP contribution in [-0.4, -0.2) is 64.0 Å². The number of amides is 1. The van der Waals surface area contributed by atoms with Gasteiger partial charge in [-0.25, -0.2) is 9.50 Å². The van der Waals surface area contributed by atoms with Gasteiger partial charge in [0.25, 0.3) is 5.91 Å². The number of likely N-dealkylation sites (tertiary alicyclic amines) is 1. The summed E-state index contributed by atoms with van der Waals surface area (Å²) in [4.78, 5) is 20.9. The van der Waals surface area contributed by atoms with Gasteiger partial charge in [0.1, 0.15) is 5.56 Å². The fourth-order valence-corrected chi connectivity index (χ4v) is 3.74. The molecule has 0 radical (unpaired) electrons. The van der Waals surface area contributed by atoms with Crippen LogP contribution in [0.15, 0.2) is 18.5 Å². The first kappa shape index (κ1) is 15.6. The Labute approximate surface area is 142 Å². The molecule has 6 nitrogen and oxygen atoms in total. The number of carbonyl (C=O) groups is 1. The minimum Gasteiger partial charge on any atom is -0.345 e. The quantitative estimate of drug-likeness (QED) is 0.862. The van der Waals surface area contributed by atoms with Gasteiger partial charge < -0.3 is 9.80 Å². The molecule has 1 atom stereocenters. The van der Waals surface area contributed by atoms with Gasteiger partial charge in [-0.1, -0.05) is 0 Å². The number of piperidine rings is 1. The average Bonchev–Trinajstić information content (AvgIpc) is 3.29. The Kier molecular flexibility index (Phi) is 4.00. The summed E-state index contributed by atoms with van der Waals surface area (Å²) in [5.74, 6) is 1.34. The van der Waals surface area contributed by atoms with E-state index < -0.39 is 0 Å². The van der Waals surface area contributed by atoms with Gasteiger partial charge in [-0.05, 0) is 44.2 Å². The first-order chi connectivity index (χ1) is 11.6. The molecule has 0 N–H and O–H groups in total. The third-order valence-electron chi connectivity index (χ3n) is 5.20. The Bertz CT molecular complexity index is 749. The minimum atomic E-state index is -0.0475. The van der Waals surface area contributed by atoms with E-state index in [9.17, 15) is 4.79 Å². The molecule has 1 saturated heterocycles. The molecule has 128 valence electrons. The molecule has 1 amide bonds. The highest BCUT2D eigenvalue weighted by molar-refractivity contribution is 5.99. The molecule has 0 unspecified atom stereocenters. The summed E-state index contributed by atoms with van der Waals surface area (Å²) in [6, 6.07) is 2.06. The third-order valence-corrected chi connectivity index (χ3v) is 5.20. The summed E-state index contributed by atoms with van der Waals surface area (Å²) < 4.78 is 1.88. The lowest BCUT2D eigenvalue weighted by Crippen LogP contribution is -2.36. The smallest absolute Gasteiger partial charge is 0.258 e. The van der Waals surface area contributed by atoms with Crippen molar-refractivity contribution in [1.29, 1.82) is 0 Å². The van der Waals surface area contributed by atoms with E-state index in [1.165, 1.54) is 44.5 Å². The second-order valence-corrected chi connectivity index (χ2v) is 7.41. The molecule has 1 aliphatic heterocycles. The lowest BCUT2D eigenvalue weighted by molar-refractivity contribution is 0.0829. The van der Waals surface area contributed by atoms with E-state index in [1.807, 2.05) is 10.7 Å². The molecule has 6 heteroatoms. The van der Waals surface area contributed by atoms with E-state index in [4.69, 9.17) is 0 Å². The zero-order valence-corrected chi connectivity index (χ0v) is 14.5. The Balaban J connectivity index is 1.62. The Morgan fingerprint density at radius 3 is 2.92 bits per heavy atom. The van der Waals surface area contributed by atoms with E-state index >= 15 is 0 Å². The molecular formula is C18H25N5O. The SMILES string of the molecule is CN(C)C(=O)c1cnn2c([C@H]3CCCN(CC4CC4)C3)ccnc12. The number of rotatable bonds is 4. The van der Waals surface area contributed by atoms with Crippen LogP contribution in [0.2, 0.25) is 0 Å². The molecule has 3 heterocycles. The van der Waals surface area contributed by atoms with Crippen LogP contribution in [0.4, 0.5) is 0 Å². The standard InChI is InChI=1S/C18H25N5O/c1-21(2)18(24)15-10-20-23-16(7-8-19-17(15)23)14-4-3-9-22(12-14)11-13-5-6-13/h7-8,10,13-14H,3-6,9,11-12H2,1-2H3/t14-/m0/s1. The summed E-state index contributed by atoms with van der Waals surface area (Å²) in [7, 11) is 3.51. The van der Waals surface area contributed by atoms with E-state index in [0.29, 0.717) is 17.1 Å². The molecule has 0 bridgehead atoms. The Hall–Kier alpha value is -1.95. The van der Waals surface area contributed by atoms with Crippen molar-refractivity contribution in [3.8, 4) is 0 Å². The molecule has 2 aromatic rings. The maximum absolute atomic E-state index is 12.3. The molecule has 1 aliphatic carbocycles. The third kappa shape index (κ3) is 2.90. The highest BCUT2D eigenvalue weighted by Crippen LogP contribution is 2.33. The van der Waals surface area contributed by atoms with Crippen LogP contribution in [0, 0.1) is 5.92 Å². The van der Waals surface area contributed by atoms with Crippen molar-refractivity contribution in [3.05, 3.63) is 29.7 Å². The fraction of sp³-hybridized carbons (Fsp3) is 0.611. The monoisotopic (exact) mass is 327 g/mol. The van der Waals surface area contributed by atoms with Crippen molar-refractivity contribution >= 4 is 11.6 Å². The highest BCUT2D eigenvalue weighted by atomic mass is 16.2. The molecule has 0 spiro atoms. The summed E-state index contributed by atoms with van der Waals surface area (Å²) in [5.41, 5.74) is 2.43. The topological polar surface area (TPSA) is 53.7 Å². The van der Waals surface area contributed by atoms with Gasteiger partial charge in [-0.2, -0.15) is 5.10 Å². The zero-order valence-electron chi connectivity index (χ0n) is 14.5. The van der Waals surface area contributed by atoms with Crippen molar-refractivity contribution in [3.63, 3.8) is 0 Å². The van der Waals surface area contributed by atoms with Crippen molar-refractivity contribution in [2.24, 2.45) is 5.92 Å². The maximum atomic E-state index is 12.3. The number of hydrogen-bond donors (Lipinski definition) is 0. The summed E-state index contributed by atoms with van der Waals surface area (Å²) in [5, 5.41) is 4.48. The van der Waals surface area contributed by atoms with Gasteiger partial charge in [-0.15, -0.1) is 0 Å².